The molecule has 6 aromatic carbocycles. The number of hydrogen-bond donors (Lipinski definition) is 1. The predicted molar refractivity (Wildman–Crippen MR) is 171 cm³/mol. The molecule has 0 aromatic heterocycles. The van der Waals surface area contributed by atoms with E-state index < -0.39 is 5.41 Å². The number of hydrogen-bond acceptors (Lipinski definition) is 1. The van der Waals surface area contributed by atoms with Crippen molar-refractivity contribution < 1.29 is 4.79 Å². The quantitative estimate of drug-likeness (QED) is 0.212. The average Bonchev–Trinajstić information content (AvgIpc) is 3.33. The van der Waals surface area contributed by atoms with E-state index in [1.807, 2.05) is 42.5 Å². The first kappa shape index (κ1) is 25.3. The Morgan fingerprint density at radius 1 is 0.537 bits per heavy atom. The molecule has 0 aliphatic heterocycles. The highest BCUT2D eigenvalue weighted by Crippen LogP contribution is 2.56. The maximum absolute atomic E-state index is 13.2. The molecule has 7 rings (SSSR count). The van der Waals surface area contributed by atoms with Crippen LogP contribution >= 0.6 is 15.9 Å². The minimum absolute atomic E-state index is 0.138. The zero-order chi connectivity index (χ0) is 27.8. The topological polar surface area (TPSA) is 29.1 Å². The highest BCUT2D eigenvalue weighted by Gasteiger charge is 2.46. The molecule has 1 amide bonds. The number of para-hydroxylation sites is 1. The summed E-state index contributed by atoms with van der Waals surface area (Å²) < 4.78 is 0.939. The third-order valence-corrected chi connectivity index (χ3v) is 8.58. The second-order valence-corrected chi connectivity index (χ2v) is 11.2. The third kappa shape index (κ3) is 4.21. The standard InChI is InChI=1S/C38H26BrNO/c39-30-22-19-26(20-23-30)37(41)40-36-18-10-8-15-31(36)27-21-24-33-32-16-7-9-17-34(32)38(35(33)25-27,28-11-3-1-4-12-28)29-13-5-2-6-14-29/h1-25H,(H,40,41). The van der Waals surface area contributed by atoms with Crippen molar-refractivity contribution in [1.82, 2.24) is 0 Å². The summed E-state index contributed by atoms with van der Waals surface area (Å²) in [7, 11) is 0. The van der Waals surface area contributed by atoms with Crippen LogP contribution in [0, 0.1) is 0 Å². The van der Waals surface area contributed by atoms with Gasteiger partial charge in [0.25, 0.3) is 5.91 Å². The van der Waals surface area contributed by atoms with E-state index in [1.54, 1.807) is 0 Å². The normalized spacial score (nSPS) is 12.8. The number of benzene rings is 6. The molecule has 1 N–H and O–H groups in total. The fourth-order valence-corrected chi connectivity index (χ4v) is 6.52. The van der Waals surface area contributed by atoms with Gasteiger partial charge in [0.2, 0.25) is 0 Å². The molecule has 1 aliphatic rings. The molecule has 0 atom stereocenters. The number of amides is 1. The minimum Gasteiger partial charge on any atom is -0.321 e. The van der Waals surface area contributed by atoms with Crippen molar-refractivity contribution >= 4 is 27.5 Å². The molecule has 41 heavy (non-hydrogen) atoms. The fraction of sp³-hybridized carbons (Fsp3) is 0.0263. The first-order valence-electron chi connectivity index (χ1n) is 13.7. The molecular formula is C38H26BrNO. The molecule has 6 aromatic rings. The number of rotatable bonds is 5. The SMILES string of the molecule is O=C(Nc1ccccc1-c1ccc2c(c1)C(c1ccccc1)(c1ccccc1)c1ccccc1-2)c1ccc(Br)cc1. The second kappa shape index (κ2) is 10.3. The van der Waals surface area contributed by atoms with Crippen LogP contribution in [0.5, 0.6) is 0 Å². The van der Waals surface area contributed by atoms with Gasteiger partial charge >= 0.3 is 0 Å². The van der Waals surface area contributed by atoms with Gasteiger partial charge in [-0.2, -0.15) is 0 Å². The lowest BCUT2D eigenvalue weighted by molar-refractivity contribution is 0.102. The summed E-state index contributed by atoms with van der Waals surface area (Å²) in [4.78, 5) is 13.2. The van der Waals surface area contributed by atoms with E-state index in [0.717, 1.165) is 21.3 Å². The number of fused-ring (bicyclic) bond motifs is 3. The summed E-state index contributed by atoms with van der Waals surface area (Å²) in [6.07, 6.45) is 0. The Bertz CT molecular complexity index is 1840. The van der Waals surface area contributed by atoms with Crippen molar-refractivity contribution in [3.05, 3.63) is 184 Å². The summed E-state index contributed by atoms with van der Waals surface area (Å²) in [6, 6.07) is 52.5. The molecule has 3 heteroatoms. The Morgan fingerprint density at radius 3 is 1.78 bits per heavy atom. The van der Waals surface area contributed by atoms with Crippen LogP contribution < -0.4 is 5.32 Å². The first-order valence-corrected chi connectivity index (χ1v) is 14.5. The lowest BCUT2D eigenvalue weighted by atomic mass is 9.67. The lowest BCUT2D eigenvalue weighted by Gasteiger charge is -2.34. The van der Waals surface area contributed by atoms with Gasteiger partial charge in [0, 0.05) is 21.3 Å². The van der Waals surface area contributed by atoms with Crippen molar-refractivity contribution in [2.24, 2.45) is 0 Å². The molecule has 0 unspecified atom stereocenters. The largest absolute Gasteiger partial charge is 0.321 e. The van der Waals surface area contributed by atoms with E-state index >= 15 is 0 Å². The minimum atomic E-state index is -0.472. The molecule has 2 nitrogen and oxygen atoms in total. The first-order chi connectivity index (χ1) is 20.2. The van der Waals surface area contributed by atoms with Gasteiger partial charge in [0.15, 0.2) is 0 Å². The number of halogens is 1. The maximum Gasteiger partial charge on any atom is 0.255 e. The van der Waals surface area contributed by atoms with Crippen LogP contribution in [0.2, 0.25) is 0 Å². The van der Waals surface area contributed by atoms with Crippen LogP contribution in [0.15, 0.2) is 156 Å². The van der Waals surface area contributed by atoms with Gasteiger partial charge in [-0.1, -0.05) is 131 Å². The Morgan fingerprint density at radius 2 is 1.10 bits per heavy atom. The van der Waals surface area contributed by atoms with Gasteiger partial charge in [-0.15, -0.1) is 0 Å². The Kier molecular flexibility index (Phi) is 6.37. The number of nitrogens with one attached hydrogen (secondary N) is 1. The molecule has 196 valence electrons. The van der Waals surface area contributed by atoms with Crippen LogP contribution in [0.1, 0.15) is 32.6 Å². The fourth-order valence-electron chi connectivity index (χ4n) is 6.25. The molecule has 0 saturated carbocycles. The zero-order valence-corrected chi connectivity index (χ0v) is 23.8. The highest BCUT2D eigenvalue weighted by molar-refractivity contribution is 9.10. The van der Waals surface area contributed by atoms with Crippen LogP contribution in [0.4, 0.5) is 5.69 Å². The van der Waals surface area contributed by atoms with E-state index in [4.69, 9.17) is 0 Å². The Balaban J connectivity index is 1.42. The van der Waals surface area contributed by atoms with Crippen molar-refractivity contribution in [1.29, 1.82) is 0 Å². The van der Waals surface area contributed by atoms with Crippen molar-refractivity contribution in [3.63, 3.8) is 0 Å². The molecule has 1 aliphatic carbocycles. The van der Waals surface area contributed by atoms with E-state index in [2.05, 4.69) is 130 Å². The van der Waals surface area contributed by atoms with E-state index in [-0.39, 0.29) is 5.91 Å². The van der Waals surface area contributed by atoms with Crippen molar-refractivity contribution in [2.45, 2.75) is 5.41 Å². The van der Waals surface area contributed by atoms with Gasteiger partial charge in [-0.05, 0) is 75.3 Å². The molecular weight excluding hydrogens is 566 g/mol. The summed E-state index contributed by atoms with van der Waals surface area (Å²) in [5.74, 6) is -0.138. The average molecular weight is 593 g/mol. The van der Waals surface area contributed by atoms with Crippen LogP contribution in [0.3, 0.4) is 0 Å². The smallest absolute Gasteiger partial charge is 0.255 e. The molecule has 0 spiro atoms. The summed E-state index contributed by atoms with van der Waals surface area (Å²) in [5.41, 5.74) is 10.4. The number of carbonyl (C=O) groups excluding carboxylic acids is 1. The van der Waals surface area contributed by atoms with Crippen molar-refractivity contribution in [3.8, 4) is 22.3 Å². The van der Waals surface area contributed by atoms with Gasteiger partial charge in [-0.25, -0.2) is 0 Å². The van der Waals surface area contributed by atoms with E-state index in [1.165, 1.54) is 33.4 Å². The van der Waals surface area contributed by atoms with Crippen molar-refractivity contribution in [2.75, 3.05) is 5.32 Å². The van der Waals surface area contributed by atoms with Gasteiger partial charge in [0.05, 0.1) is 5.41 Å². The molecule has 0 bridgehead atoms. The number of carbonyl (C=O) groups is 1. The van der Waals surface area contributed by atoms with E-state index in [9.17, 15) is 4.79 Å². The molecule has 0 heterocycles. The monoisotopic (exact) mass is 591 g/mol. The predicted octanol–water partition coefficient (Wildman–Crippen LogP) is 9.73. The van der Waals surface area contributed by atoms with Gasteiger partial charge < -0.3 is 5.32 Å². The highest BCUT2D eigenvalue weighted by atomic mass is 79.9. The van der Waals surface area contributed by atoms with Crippen LogP contribution in [0.25, 0.3) is 22.3 Å². The van der Waals surface area contributed by atoms with Crippen LogP contribution in [-0.2, 0) is 5.41 Å². The van der Waals surface area contributed by atoms with E-state index in [0.29, 0.717) is 5.56 Å². The Hall–Kier alpha value is -4.73. The molecule has 0 radical (unpaired) electrons. The maximum atomic E-state index is 13.2. The summed E-state index contributed by atoms with van der Waals surface area (Å²) >= 11 is 3.45. The number of anilines is 1. The van der Waals surface area contributed by atoms with Gasteiger partial charge in [0.1, 0.15) is 0 Å². The third-order valence-electron chi connectivity index (χ3n) is 8.05. The second-order valence-electron chi connectivity index (χ2n) is 10.3. The van der Waals surface area contributed by atoms with Crippen LogP contribution in [-0.4, -0.2) is 5.91 Å². The zero-order valence-electron chi connectivity index (χ0n) is 22.2. The lowest BCUT2D eigenvalue weighted by Crippen LogP contribution is -2.28. The summed E-state index contributed by atoms with van der Waals surface area (Å²) in [6.45, 7) is 0. The Labute approximate surface area is 248 Å². The van der Waals surface area contributed by atoms with Gasteiger partial charge in [-0.3, -0.25) is 4.79 Å². The molecule has 0 fully saturated rings. The summed E-state index contributed by atoms with van der Waals surface area (Å²) in [5, 5.41) is 3.16. The molecule has 0 saturated heterocycles.